The highest BCUT2D eigenvalue weighted by Gasteiger charge is 2.39. The number of carbonyl (C=O) groups is 2. The van der Waals surface area contributed by atoms with Gasteiger partial charge in [-0.1, -0.05) is 53.0 Å². The second-order valence-electron chi connectivity index (χ2n) is 9.10. The van der Waals surface area contributed by atoms with Gasteiger partial charge in [-0.2, -0.15) is 0 Å². The Hall–Kier alpha value is -1.79. The molecule has 4 rings (SSSR count). The average Bonchev–Trinajstić information content (AvgIpc) is 2.97. The van der Waals surface area contributed by atoms with Crippen LogP contribution < -0.4 is 10.6 Å². The van der Waals surface area contributed by atoms with Crippen LogP contribution in [0.5, 0.6) is 0 Å². The van der Waals surface area contributed by atoms with Crippen molar-refractivity contribution in [3.8, 4) is 0 Å². The lowest BCUT2D eigenvalue weighted by Crippen LogP contribution is -2.54. The fraction of sp³-hybridized carbons (Fsp3) is 0.440. The lowest BCUT2D eigenvalue weighted by molar-refractivity contribution is -0.129. The van der Waals surface area contributed by atoms with Crippen LogP contribution in [0.25, 0.3) is 0 Å². The van der Waals surface area contributed by atoms with Crippen molar-refractivity contribution in [3.63, 3.8) is 0 Å². The van der Waals surface area contributed by atoms with E-state index >= 15 is 0 Å². The molecule has 2 aliphatic rings. The molecule has 2 aromatic rings. The maximum absolute atomic E-state index is 13.3. The number of amides is 2. The van der Waals surface area contributed by atoms with Crippen molar-refractivity contribution in [1.29, 1.82) is 0 Å². The molecule has 2 heterocycles. The lowest BCUT2D eigenvalue weighted by Gasteiger charge is -2.37. The minimum atomic E-state index is -0.682. The molecule has 2 fully saturated rings. The zero-order valence-corrected chi connectivity index (χ0v) is 20.8. The molecule has 2 aromatic carbocycles. The van der Waals surface area contributed by atoms with Gasteiger partial charge in [-0.05, 0) is 68.1 Å². The van der Waals surface area contributed by atoms with Crippen molar-refractivity contribution in [2.45, 2.75) is 62.7 Å². The Bertz CT molecular complexity index is 1000. The zero-order valence-electron chi connectivity index (χ0n) is 18.5. The summed E-state index contributed by atoms with van der Waals surface area (Å²) in [5.74, 6) is -0.396. The van der Waals surface area contributed by atoms with Crippen LogP contribution in [0, 0.1) is 0 Å². The number of hydrogen-bond acceptors (Lipinski definition) is 3. The van der Waals surface area contributed by atoms with Gasteiger partial charge in [0.1, 0.15) is 6.04 Å². The second kappa shape index (κ2) is 10.6. The molecule has 2 amide bonds. The van der Waals surface area contributed by atoms with E-state index in [4.69, 9.17) is 34.8 Å². The van der Waals surface area contributed by atoms with Crippen LogP contribution in [0.2, 0.25) is 15.1 Å². The SMILES string of the molecule is CN1[C@@H]2CC[C@H]1CC(NC(=O)C(Cc1ccc(Cl)cc1)NC(=O)Cc1ccc(Cl)c(Cl)c1)C2. The fourth-order valence-corrected chi connectivity index (χ4v) is 5.42. The van der Waals surface area contributed by atoms with E-state index in [0.29, 0.717) is 33.6 Å². The number of piperidine rings is 1. The molecule has 33 heavy (non-hydrogen) atoms. The lowest BCUT2D eigenvalue weighted by atomic mass is 9.97. The van der Waals surface area contributed by atoms with Gasteiger partial charge >= 0.3 is 0 Å². The van der Waals surface area contributed by atoms with Crippen molar-refractivity contribution in [2.75, 3.05) is 7.05 Å². The standard InChI is InChI=1S/C25H28Cl3N3O2/c1-31-19-7-8-20(31)14-18(13-19)29-25(33)23(11-15-2-5-17(26)6-3-15)30-24(32)12-16-4-9-21(27)22(28)10-16/h2-6,9-10,18-20,23H,7-8,11-14H2,1H3,(H,29,33)(H,30,32)/t18?,19-,20+,23?. The Morgan fingerprint density at radius 1 is 0.970 bits per heavy atom. The fourth-order valence-electron chi connectivity index (χ4n) is 4.98. The predicted molar refractivity (Wildman–Crippen MR) is 133 cm³/mol. The van der Waals surface area contributed by atoms with Crippen molar-refractivity contribution in [1.82, 2.24) is 15.5 Å². The molecule has 0 saturated carbocycles. The minimum Gasteiger partial charge on any atom is -0.351 e. The van der Waals surface area contributed by atoms with Crippen LogP contribution in [0.3, 0.4) is 0 Å². The molecule has 2 aliphatic heterocycles. The summed E-state index contributed by atoms with van der Waals surface area (Å²) in [5, 5.41) is 7.61. The van der Waals surface area contributed by atoms with E-state index in [0.717, 1.165) is 24.0 Å². The maximum atomic E-state index is 13.3. The summed E-state index contributed by atoms with van der Waals surface area (Å²) in [6.45, 7) is 0. The van der Waals surface area contributed by atoms with E-state index in [1.807, 2.05) is 12.1 Å². The smallest absolute Gasteiger partial charge is 0.243 e. The normalized spacial score (nSPS) is 23.2. The molecule has 4 atom stereocenters. The summed E-state index contributed by atoms with van der Waals surface area (Å²) >= 11 is 18.1. The van der Waals surface area contributed by atoms with Gasteiger partial charge in [0.15, 0.2) is 0 Å². The summed E-state index contributed by atoms with van der Waals surface area (Å²) in [6, 6.07) is 12.9. The summed E-state index contributed by atoms with van der Waals surface area (Å²) in [7, 11) is 2.17. The Morgan fingerprint density at radius 3 is 2.24 bits per heavy atom. The Kier molecular flexibility index (Phi) is 7.85. The number of nitrogens with zero attached hydrogens (tertiary/aromatic N) is 1. The first kappa shape index (κ1) is 24.3. The molecule has 2 N–H and O–H groups in total. The number of rotatable bonds is 7. The first-order valence-electron chi connectivity index (χ1n) is 11.3. The Labute approximate surface area is 209 Å². The highest BCUT2D eigenvalue weighted by Crippen LogP contribution is 2.34. The van der Waals surface area contributed by atoms with E-state index in [9.17, 15) is 9.59 Å². The molecule has 0 aliphatic carbocycles. The third-order valence-corrected chi connectivity index (χ3v) is 7.79. The molecule has 2 bridgehead atoms. The van der Waals surface area contributed by atoms with Crippen LogP contribution in [0.15, 0.2) is 42.5 Å². The number of carbonyl (C=O) groups excluding carboxylic acids is 2. The largest absolute Gasteiger partial charge is 0.351 e. The molecule has 176 valence electrons. The van der Waals surface area contributed by atoms with Gasteiger partial charge in [0.2, 0.25) is 11.8 Å². The monoisotopic (exact) mass is 507 g/mol. The van der Waals surface area contributed by atoms with Crippen LogP contribution in [0.4, 0.5) is 0 Å². The van der Waals surface area contributed by atoms with Gasteiger partial charge < -0.3 is 15.5 Å². The Balaban J connectivity index is 1.43. The molecule has 0 radical (unpaired) electrons. The van der Waals surface area contributed by atoms with E-state index in [2.05, 4.69) is 22.6 Å². The summed E-state index contributed by atoms with van der Waals surface area (Å²) < 4.78 is 0. The van der Waals surface area contributed by atoms with Crippen LogP contribution >= 0.6 is 34.8 Å². The number of nitrogens with one attached hydrogen (secondary N) is 2. The number of hydrogen-bond donors (Lipinski definition) is 2. The van der Waals surface area contributed by atoms with Crippen LogP contribution in [-0.4, -0.2) is 47.9 Å². The van der Waals surface area contributed by atoms with E-state index < -0.39 is 6.04 Å². The summed E-state index contributed by atoms with van der Waals surface area (Å²) in [5.41, 5.74) is 1.66. The van der Waals surface area contributed by atoms with Gasteiger partial charge in [0.05, 0.1) is 16.5 Å². The van der Waals surface area contributed by atoms with Crippen molar-refractivity contribution in [2.24, 2.45) is 0 Å². The first-order valence-corrected chi connectivity index (χ1v) is 12.4. The molecule has 8 heteroatoms. The predicted octanol–water partition coefficient (Wildman–Crippen LogP) is 4.66. The van der Waals surface area contributed by atoms with Crippen molar-refractivity contribution < 1.29 is 9.59 Å². The minimum absolute atomic E-state index is 0.111. The molecule has 2 saturated heterocycles. The number of halogens is 3. The Morgan fingerprint density at radius 2 is 1.61 bits per heavy atom. The zero-order chi connectivity index (χ0) is 23.5. The van der Waals surface area contributed by atoms with Gasteiger partial charge in [-0.3, -0.25) is 9.59 Å². The second-order valence-corrected chi connectivity index (χ2v) is 10.4. The quantitative estimate of drug-likeness (QED) is 0.572. The highest BCUT2D eigenvalue weighted by molar-refractivity contribution is 6.42. The maximum Gasteiger partial charge on any atom is 0.243 e. The average molecular weight is 509 g/mol. The van der Waals surface area contributed by atoms with E-state index in [1.165, 1.54) is 12.8 Å². The third kappa shape index (κ3) is 6.21. The summed E-state index contributed by atoms with van der Waals surface area (Å²) in [4.78, 5) is 28.5. The van der Waals surface area contributed by atoms with Gasteiger partial charge in [0.25, 0.3) is 0 Å². The highest BCUT2D eigenvalue weighted by atomic mass is 35.5. The first-order chi connectivity index (χ1) is 15.8. The number of fused-ring (bicyclic) bond motifs is 2. The van der Waals surface area contributed by atoms with Gasteiger partial charge in [0, 0.05) is 29.6 Å². The number of benzene rings is 2. The van der Waals surface area contributed by atoms with E-state index in [-0.39, 0.29) is 24.3 Å². The summed E-state index contributed by atoms with van der Waals surface area (Å²) in [6.07, 6.45) is 4.76. The van der Waals surface area contributed by atoms with Crippen LogP contribution in [-0.2, 0) is 22.4 Å². The van der Waals surface area contributed by atoms with Crippen molar-refractivity contribution >= 4 is 46.6 Å². The van der Waals surface area contributed by atoms with Gasteiger partial charge in [-0.25, -0.2) is 0 Å². The van der Waals surface area contributed by atoms with Gasteiger partial charge in [-0.15, -0.1) is 0 Å². The molecular formula is C25H28Cl3N3O2. The van der Waals surface area contributed by atoms with Crippen LogP contribution in [0.1, 0.15) is 36.8 Å². The molecular weight excluding hydrogens is 481 g/mol. The molecule has 5 nitrogen and oxygen atoms in total. The molecule has 0 spiro atoms. The van der Waals surface area contributed by atoms with E-state index in [1.54, 1.807) is 30.3 Å². The topological polar surface area (TPSA) is 61.4 Å². The third-order valence-electron chi connectivity index (χ3n) is 6.80. The van der Waals surface area contributed by atoms with Crippen molar-refractivity contribution in [3.05, 3.63) is 68.7 Å². The molecule has 0 aromatic heterocycles. The molecule has 2 unspecified atom stereocenters.